The lowest BCUT2D eigenvalue weighted by molar-refractivity contribution is -0.0168. The predicted molar refractivity (Wildman–Crippen MR) is 98.9 cm³/mol. The maximum atomic E-state index is 12.9. The average molecular weight is 364 g/mol. The van der Waals surface area contributed by atoms with Crippen LogP contribution in [0.4, 0.5) is 0 Å². The Kier molecular flexibility index (Phi) is 4.88. The Labute approximate surface area is 151 Å². The molecule has 3 aliphatic heterocycles. The Bertz CT molecular complexity index is 686. The molecule has 0 aliphatic carbocycles. The van der Waals surface area contributed by atoms with Crippen molar-refractivity contribution in [3.63, 3.8) is 0 Å². The molecule has 25 heavy (non-hydrogen) atoms. The average Bonchev–Trinajstić information content (AvgIpc) is 2.95. The molecule has 0 saturated carbocycles. The third kappa shape index (κ3) is 3.25. The van der Waals surface area contributed by atoms with E-state index in [9.17, 15) is 8.42 Å². The van der Waals surface area contributed by atoms with Crippen molar-refractivity contribution in [1.82, 2.24) is 14.1 Å². The molecule has 0 radical (unpaired) electrons. The number of benzene rings is 1. The summed E-state index contributed by atoms with van der Waals surface area (Å²) in [6.45, 7) is 8.26. The topological polar surface area (TPSA) is 43.9 Å². The van der Waals surface area contributed by atoms with Crippen molar-refractivity contribution in [2.75, 3.05) is 39.3 Å². The molecule has 4 rings (SSSR count). The Morgan fingerprint density at radius 1 is 1.04 bits per heavy atom. The van der Waals surface area contributed by atoms with Crippen molar-refractivity contribution in [1.29, 1.82) is 0 Å². The second-order valence-electron chi connectivity index (χ2n) is 7.73. The lowest BCUT2D eigenvalue weighted by atomic mass is 9.87. The Morgan fingerprint density at radius 3 is 2.44 bits per heavy atom. The van der Waals surface area contributed by atoms with E-state index in [2.05, 4.69) is 16.7 Å². The minimum atomic E-state index is -3.34. The number of sulfonamides is 1. The van der Waals surface area contributed by atoms with Crippen molar-refractivity contribution in [3.05, 3.63) is 30.3 Å². The van der Waals surface area contributed by atoms with Crippen LogP contribution in [0.15, 0.2) is 35.2 Å². The summed E-state index contributed by atoms with van der Waals surface area (Å²) in [5.41, 5.74) is 0. The summed E-state index contributed by atoms with van der Waals surface area (Å²) in [6.07, 6.45) is 3.69. The van der Waals surface area contributed by atoms with Gasteiger partial charge in [0.1, 0.15) is 0 Å². The second-order valence-corrected chi connectivity index (χ2v) is 9.67. The van der Waals surface area contributed by atoms with E-state index >= 15 is 0 Å². The lowest BCUT2D eigenvalue weighted by Crippen LogP contribution is -2.61. The summed E-state index contributed by atoms with van der Waals surface area (Å²) in [4.78, 5) is 5.58. The van der Waals surface area contributed by atoms with Gasteiger partial charge in [0.25, 0.3) is 0 Å². The van der Waals surface area contributed by atoms with E-state index in [4.69, 9.17) is 0 Å². The fourth-order valence-corrected chi connectivity index (χ4v) is 6.32. The molecule has 3 aliphatic rings. The molecule has 0 unspecified atom stereocenters. The largest absolute Gasteiger partial charge is 0.303 e. The molecule has 0 aromatic heterocycles. The van der Waals surface area contributed by atoms with Crippen LogP contribution in [-0.2, 0) is 10.0 Å². The molecule has 5 nitrogen and oxygen atoms in total. The highest BCUT2D eigenvalue weighted by Crippen LogP contribution is 2.38. The van der Waals surface area contributed by atoms with Crippen LogP contribution in [0.25, 0.3) is 0 Å². The molecule has 138 valence electrons. The maximum Gasteiger partial charge on any atom is 0.243 e. The number of piperidine rings is 1. The van der Waals surface area contributed by atoms with Gasteiger partial charge in [-0.1, -0.05) is 25.1 Å². The van der Waals surface area contributed by atoms with Gasteiger partial charge < -0.3 is 4.90 Å². The van der Waals surface area contributed by atoms with Crippen LogP contribution in [0, 0.1) is 5.92 Å². The van der Waals surface area contributed by atoms with Gasteiger partial charge in [-0.15, -0.1) is 0 Å². The van der Waals surface area contributed by atoms with E-state index in [0.717, 1.165) is 6.54 Å². The van der Waals surface area contributed by atoms with E-state index < -0.39 is 10.0 Å². The van der Waals surface area contributed by atoms with Gasteiger partial charge in [-0.3, -0.25) is 4.90 Å². The standard InChI is InChI=1S/C19H29N3O2S/c1-2-10-20-11-8-17(9-12-20)22-14-16-13-21(15-19(16)22)25(23,24)18-6-4-3-5-7-18/h3-7,16-17,19H,2,8-15H2,1H3/t16-,19+/m1/s1. The zero-order valence-corrected chi connectivity index (χ0v) is 15.9. The molecule has 0 bridgehead atoms. The monoisotopic (exact) mass is 363 g/mol. The van der Waals surface area contributed by atoms with Crippen LogP contribution in [0.2, 0.25) is 0 Å². The molecule has 1 aromatic rings. The quantitative estimate of drug-likeness (QED) is 0.801. The Hall–Kier alpha value is -0.950. The molecular formula is C19H29N3O2S. The first-order chi connectivity index (χ1) is 12.1. The molecule has 0 spiro atoms. The number of rotatable bonds is 5. The van der Waals surface area contributed by atoms with Gasteiger partial charge in [0.05, 0.1) is 4.90 Å². The highest BCUT2D eigenvalue weighted by molar-refractivity contribution is 7.89. The van der Waals surface area contributed by atoms with Crippen molar-refractivity contribution in [3.8, 4) is 0 Å². The van der Waals surface area contributed by atoms with Crippen LogP contribution in [-0.4, -0.2) is 73.9 Å². The van der Waals surface area contributed by atoms with E-state index in [1.165, 1.54) is 38.9 Å². The highest BCUT2D eigenvalue weighted by atomic mass is 32.2. The molecule has 1 aromatic carbocycles. The Balaban J connectivity index is 1.37. The summed E-state index contributed by atoms with van der Waals surface area (Å²) < 4.78 is 27.4. The van der Waals surface area contributed by atoms with Crippen LogP contribution in [0.5, 0.6) is 0 Å². The number of hydrogen-bond acceptors (Lipinski definition) is 4. The molecule has 3 heterocycles. The molecule has 0 N–H and O–H groups in total. The van der Waals surface area contributed by atoms with Crippen molar-refractivity contribution < 1.29 is 8.42 Å². The van der Waals surface area contributed by atoms with Gasteiger partial charge >= 0.3 is 0 Å². The van der Waals surface area contributed by atoms with E-state index in [1.807, 2.05) is 6.07 Å². The summed E-state index contributed by atoms with van der Waals surface area (Å²) in [5, 5.41) is 0. The lowest BCUT2D eigenvalue weighted by Gasteiger charge is -2.50. The molecule has 0 amide bonds. The molecule has 3 fully saturated rings. The first-order valence-corrected chi connectivity index (χ1v) is 11.1. The van der Waals surface area contributed by atoms with Gasteiger partial charge in [0, 0.05) is 37.6 Å². The highest BCUT2D eigenvalue weighted by Gasteiger charge is 2.51. The van der Waals surface area contributed by atoms with Gasteiger partial charge in [-0.25, -0.2) is 8.42 Å². The smallest absolute Gasteiger partial charge is 0.243 e. The van der Waals surface area contributed by atoms with Crippen molar-refractivity contribution in [2.45, 2.75) is 43.2 Å². The maximum absolute atomic E-state index is 12.9. The summed E-state index contributed by atoms with van der Waals surface area (Å²) in [6, 6.07) is 9.95. The minimum Gasteiger partial charge on any atom is -0.303 e. The van der Waals surface area contributed by atoms with Crippen LogP contribution < -0.4 is 0 Å². The first kappa shape index (κ1) is 17.5. The fourth-order valence-electron chi connectivity index (χ4n) is 4.79. The number of hydrogen-bond donors (Lipinski definition) is 0. The first-order valence-electron chi connectivity index (χ1n) is 9.63. The van der Waals surface area contributed by atoms with Gasteiger partial charge in [0.15, 0.2) is 0 Å². The third-order valence-electron chi connectivity index (χ3n) is 6.19. The van der Waals surface area contributed by atoms with Crippen molar-refractivity contribution in [2.24, 2.45) is 5.92 Å². The van der Waals surface area contributed by atoms with Gasteiger partial charge in [-0.05, 0) is 51.0 Å². The second kappa shape index (κ2) is 6.99. The number of nitrogens with zero attached hydrogens (tertiary/aromatic N) is 3. The zero-order valence-electron chi connectivity index (χ0n) is 15.0. The minimum absolute atomic E-state index is 0.427. The van der Waals surface area contributed by atoms with Crippen LogP contribution in [0.1, 0.15) is 26.2 Å². The zero-order chi connectivity index (χ0) is 17.4. The van der Waals surface area contributed by atoms with E-state index in [1.54, 1.807) is 28.6 Å². The molecule has 3 saturated heterocycles. The summed E-state index contributed by atoms with van der Waals surface area (Å²) >= 11 is 0. The van der Waals surface area contributed by atoms with Gasteiger partial charge in [-0.2, -0.15) is 4.31 Å². The van der Waals surface area contributed by atoms with Crippen LogP contribution >= 0.6 is 0 Å². The van der Waals surface area contributed by atoms with Crippen LogP contribution in [0.3, 0.4) is 0 Å². The van der Waals surface area contributed by atoms with Crippen molar-refractivity contribution >= 4 is 10.0 Å². The Morgan fingerprint density at radius 2 is 1.76 bits per heavy atom. The number of fused-ring (bicyclic) bond motifs is 1. The molecule has 2 atom stereocenters. The predicted octanol–water partition coefficient (Wildman–Crippen LogP) is 1.87. The summed E-state index contributed by atoms with van der Waals surface area (Å²) in [5.74, 6) is 0.521. The van der Waals surface area contributed by atoms with E-state index in [0.29, 0.717) is 36.0 Å². The number of likely N-dealkylation sites (tertiary alicyclic amines) is 2. The van der Waals surface area contributed by atoms with E-state index in [-0.39, 0.29) is 0 Å². The SMILES string of the molecule is CCCN1CCC(N2C[C@H]3CN(S(=O)(=O)c4ccccc4)C[C@@H]32)CC1. The normalized spacial score (nSPS) is 29.5. The fraction of sp³-hybridized carbons (Fsp3) is 0.684. The van der Waals surface area contributed by atoms with Gasteiger partial charge in [0.2, 0.25) is 10.0 Å². The molecular weight excluding hydrogens is 334 g/mol. The summed E-state index contributed by atoms with van der Waals surface area (Å²) in [7, 11) is -3.34. The molecule has 6 heteroatoms. The third-order valence-corrected chi connectivity index (χ3v) is 8.04.